The number of nitrogens with zero attached hydrogens (tertiary/aromatic N) is 2. The molecule has 0 aliphatic rings. The Balaban J connectivity index is 1.96. The van der Waals surface area contributed by atoms with Crippen molar-refractivity contribution in [3.05, 3.63) is 59.7 Å². The zero-order valence-corrected chi connectivity index (χ0v) is 20.3. The summed E-state index contributed by atoms with van der Waals surface area (Å²) in [5.41, 5.74) is -3.41. The Hall–Kier alpha value is -3.49. The minimum atomic E-state index is -4.98. The number of hydrogen-bond acceptors (Lipinski definition) is 8. The smallest absolute Gasteiger partial charge is 0.437 e. The minimum Gasteiger partial charge on any atom is -0.490 e. The highest BCUT2D eigenvalue weighted by Gasteiger charge is 2.39. The second-order valence-electron chi connectivity index (χ2n) is 7.14. The molecule has 2 aromatic carbocycles. The van der Waals surface area contributed by atoms with Crippen molar-refractivity contribution in [2.45, 2.75) is 25.7 Å². The van der Waals surface area contributed by atoms with Crippen molar-refractivity contribution in [1.82, 2.24) is 0 Å². The molecule has 0 radical (unpaired) electrons. The van der Waals surface area contributed by atoms with Crippen LogP contribution >= 0.6 is 0 Å². The molecule has 0 N–H and O–H groups in total. The van der Waals surface area contributed by atoms with Crippen LogP contribution in [-0.2, 0) is 19.2 Å². The SMILES string of the molecule is CCCS(=O)(=O)O/N=C(\c1ccc(OCCOc2ccc(/C(=N\OC)C(F)(F)F)cc2)cc1)C(F)(F)F. The summed E-state index contributed by atoms with van der Waals surface area (Å²) >= 11 is 0. The van der Waals surface area contributed by atoms with E-state index in [1.165, 1.54) is 31.2 Å². The number of halogens is 6. The van der Waals surface area contributed by atoms with Crippen LogP contribution in [0, 0.1) is 0 Å². The van der Waals surface area contributed by atoms with E-state index in [4.69, 9.17) is 9.47 Å². The lowest BCUT2D eigenvalue weighted by molar-refractivity contribution is -0.0613. The van der Waals surface area contributed by atoms with E-state index in [0.717, 1.165) is 31.4 Å². The lowest BCUT2D eigenvalue weighted by atomic mass is 10.1. The van der Waals surface area contributed by atoms with Gasteiger partial charge in [-0.3, -0.25) is 4.28 Å². The van der Waals surface area contributed by atoms with Gasteiger partial charge in [0.25, 0.3) is 0 Å². The first-order valence-corrected chi connectivity index (χ1v) is 12.1. The van der Waals surface area contributed by atoms with Crippen molar-refractivity contribution in [3.63, 3.8) is 0 Å². The van der Waals surface area contributed by atoms with Crippen molar-refractivity contribution in [2.75, 3.05) is 26.1 Å². The average Bonchev–Trinajstić information content (AvgIpc) is 2.80. The normalized spacial score (nSPS) is 13.3. The van der Waals surface area contributed by atoms with E-state index < -0.39 is 45.2 Å². The fourth-order valence-electron chi connectivity index (χ4n) is 2.75. The molecule has 0 amide bonds. The maximum atomic E-state index is 13.3. The van der Waals surface area contributed by atoms with E-state index in [1.807, 2.05) is 0 Å². The second kappa shape index (κ2) is 12.7. The van der Waals surface area contributed by atoms with E-state index in [-0.39, 0.29) is 36.7 Å². The topological polar surface area (TPSA) is 95.8 Å². The van der Waals surface area contributed by atoms with Crippen molar-refractivity contribution < 1.29 is 53.4 Å². The number of ether oxygens (including phenoxy) is 2. The molecule has 0 atom stereocenters. The van der Waals surface area contributed by atoms with E-state index in [0.29, 0.717) is 0 Å². The van der Waals surface area contributed by atoms with Gasteiger partial charge in [-0.1, -0.05) is 17.2 Å². The predicted octanol–water partition coefficient (Wildman–Crippen LogP) is 5.08. The summed E-state index contributed by atoms with van der Waals surface area (Å²) in [6, 6.07) is 9.35. The van der Waals surface area contributed by atoms with Crippen LogP contribution in [0.1, 0.15) is 24.5 Å². The van der Waals surface area contributed by atoms with Crippen molar-refractivity contribution in [1.29, 1.82) is 0 Å². The first-order valence-electron chi connectivity index (χ1n) is 10.5. The standard InChI is InChI=1S/C22H22F6N2O6S/c1-3-14-37(31,32)36-30-20(22(26,27)28)16-6-10-18(11-7-16)35-13-12-34-17-8-4-15(5-9-17)19(29-33-2)21(23,24)25/h4-11H,3,12-14H2,1-2H3/b29-19+,30-20+. The molecule has 8 nitrogen and oxygen atoms in total. The third-order valence-electron chi connectivity index (χ3n) is 4.29. The number of oxime groups is 2. The molecule has 0 heterocycles. The van der Waals surface area contributed by atoms with Crippen LogP contribution < -0.4 is 9.47 Å². The summed E-state index contributed by atoms with van der Waals surface area (Å²) in [4.78, 5) is 4.24. The lowest BCUT2D eigenvalue weighted by Crippen LogP contribution is -2.25. The highest BCUT2D eigenvalue weighted by atomic mass is 32.2. The highest BCUT2D eigenvalue weighted by molar-refractivity contribution is 7.86. The number of hydrogen-bond donors (Lipinski definition) is 0. The van der Waals surface area contributed by atoms with Crippen LogP contribution in [-0.4, -0.2) is 58.3 Å². The molecule has 0 fully saturated rings. The van der Waals surface area contributed by atoms with Gasteiger partial charge in [0.05, 0.1) is 5.75 Å². The number of alkyl halides is 6. The molecule has 2 aromatic rings. The van der Waals surface area contributed by atoms with Gasteiger partial charge in [0, 0.05) is 11.1 Å². The van der Waals surface area contributed by atoms with Gasteiger partial charge in [-0.05, 0) is 55.0 Å². The fraction of sp³-hybridized carbons (Fsp3) is 0.364. The molecule has 2 rings (SSSR count). The third kappa shape index (κ3) is 9.48. The Morgan fingerprint density at radius 3 is 1.51 bits per heavy atom. The summed E-state index contributed by atoms with van der Waals surface area (Å²) in [5, 5.41) is 5.79. The van der Waals surface area contributed by atoms with Crippen LogP contribution in [0.25, 0.3) is 0 Å². The van der Waals surface area contributed by atoms with Gasteiger partial charge in [-0.2, -0.15) is 34.8 Å². The first kappa shape index (κ1) is 29.7. The molecule has 0 bridgehead atoms. The van der Waals surface area contributed by atoms with E-state index in [1.54, 1.807) is 0 Å². The highest BCUT2D eigenvalue weighted by Crippen LogP contribution is 2.26. The van der Waals surface area contributed by atoms with Crippen LogP contribution in [0.5, 0.6) is 11.5 Å². The Kier molecular flexibility index (Phi) is 10.2. The minimum absolute atomic E-state index is 0.0300. The van der Waals surface area contributed by atoms with Gasteiger partial charge < -0.3 is 14.3 Å². The van der Waals surface area contributed by atoms with E-state index in [9.17, 15) is 34.8 Å². The van der Waals surface area contributed by atoms with Gasteiger partial charge in [-0.25, -0.2) is 0 Å². The molecule has 37 heavy (non-hydrogen) atoms. The summed E-state index contributed by atoms with van der Waals surface area (Å²) in [7, 11) is -3.25. The van der Waals surface area contributed by atoms with Crippen molar-refractivity contribution in [2.24, 2.45) is 10.3 Å². The summed E-state index contributed by atoms with van der Waals surface area (Å²) in [5.74, 6) is -0.0721. The molecule has 0 saturated heterocycles. The zero-order chi connectivity index (χ0) is 27.7. The van der Waals surface area contributed by atoms with Gasteiger partial charge in [0.15, 0.2) is 11.4 Å². The van der Waals surface area contributed by atoms with Crippen LogP contribution in [0.2, 0.25) is 0 Å². The fourth-order valence-corrected chi connectivity index (χ4v) is 3.51. The van der Waals surface area contributed by atoms with E-state index in [2.05, 4.69) is 19.4 Å². The van der Waals surface area contributed by atoms with E-state index >= 15 is 0 Å². The Morgan fingerprint density at radius 1 is 0.757 bits per heavy atom. The van der Waals surface area contributed by atoms with Gasteiger partial charge in [0.1, 0.15) is 31.8 Å². The van der Waals surface area contributed by atoms with Gasteiger partial charge in [0.2, 0.25) is 0 Å². The van der Waals surface area contributed by atoms with Gasteiger partial charge in [-0.15, -0.1) is 0 Å². The zero-order valence-electron chi connectivity index (χ0n) is 19.5. The quantitative estimate of drug-likeness (QED) is 0.157. The Morgan fingerprint density at radius 2 is 1.16 bits per heavy atom. The molecular weight excluding hydrogens is 534 g/mol. The summed E-state index contributed by atoms with van der Waals surface area (Å²) in [6.45, 7) is 1.44. The van der Waals surface area contributed by atoms with Crippen molar-refractivity contribution >= 4 is 21.5 Å². The molecule has 0 unspecified atom stereocenters. The second-order valence-corrected chi connectivity index (χ2v) is 8.81. The van der Waals surface area contributed by atoms with Crippen LogP contribution in [0.4, 0.5) is 26.3 Å². The maximum Gasteiger partial charge on any atom is 0.437 e. The molecule has 0 spiro atoms. The molecular formula is C22H22F6N2O6S. The maximum absolute atomic E-state index is 13.3. The number of benzene rings is 2. The Labute approximate surface area is 208 Å². The largest absolute Gasteiger partial charge is 0.490 e. The third-order valence-corrected chi connectivity index (χ3v) is 5.50. The predicted molar refractivity (Wildman–Crippen MR) is 121 cm³/mol. The molecule has 204 valence electrons. The first-order chi connectivity index (χ1) is 17.3. The Bertz CT molecular complexity index is 1180. The summed E-state index contributed by atoms with van der Waals surface area (Å²) in [6.07, 6.45) is -9.56. The molecule has 0 saturated carbocycles. The lowest BCUT2D eigenvalue weighted by Gasteiger charge is -2.12. The van der Waals surface area contributed by atoms with Crippen molar-refractivity contribution in [3.8, 4) is 11.5 Å². The molecule has 0 aromatic heterocycles. The molecule has 0 aliphatic carbocycles. The summed E-state index contributed by atoms with van der Waals surface area (Å²) < 4.78 is 117. The average molecular weight is 556 g/mol. The molecule has 15 heteroatoms. The van der Waals surface area contributed by atoms with Gasteiger partial charge >= 0.3 is 22.5 Å². The number of rotatable bonds is 12. The van der Waals surface area contributed by atoms with Crippen LogP contribution in [0.15, 0.2) is 58.8 Å². The molecule has 0 aliphatic heterocycles. The van der Waals surface area contributed by atoms with Crippen LogP contribution in [0.3, 0.4) is 0 Å². The monoisotopic (exact) mass is 556 g/mol.